The average Bonchev–Trinajstić information content (AvgIpc) is 2.53. The Morgan fingerprint density at radius 3 is 2.38 bits per heavy atom. The SMILES string of the molecule is CC(C)c1ccc(C(=O)NCc2cccc(CCl)c2)cc1. The van der Waals surface area contributed by atoms with Crippen molar-refractivity contribution < 1.29 is 4.79 Å². The van der Waals surface area contributed by atoms with Crippen LogP contribution in [0.4, 0.5) is 0 Å². The number of hydrogen-bond donors (Lipinski definition) is 1. The van der Waals surface area contributed by atoms with Gasteiger partial charge in [-0.3, -0.25) is 4.79 Å². The minimum absolute atomic E-state index is 0.0541. The van der Waals surface area contributed by atoms with Crippen molar-refractivity contribution in [1.82, 2.24) is 5.32 Å². The van der Waals surface area contributed by atoms with Gasteiger partial charge in [0.2, 0.25) is 0 Å². The molecule has 0 saturated carbocycles. The zero-order chi connectivity index (χ0) is 15.2. The highest BCUT2D eigenvalue weighted by Gasteiger charge is 2.06. The van der Waals surface area contributed by atoms with Gasteiger partial charge in [-0.2, -0.15) is 0 Å². The van der Waals surface area contributed by atoms with Gasteiger partial charge in [0.05, 0.1) is 0 Å². The highest BCUT2D eigenvalue weighted by atomic mass is 35.5. The first-order valence-electron chi connectivity index (χ1n) is 7.12. The maximum atomic E-state index is 12.1. The van der Waals surface area contributed by atoms with Gasteiger partial charge in [0.15, 0.2) is 0 Å². The fraction of sp³-hybridized carbons (Fsp3) is 0.278. The highest BCUT2D eigenvalue weighted by molar-refractivity contribution is 6.17. The van der Waals surface area contributed by atoms with Gasteiger partial charge in [0.25, 0.3) is 5.91 Å². The van der Waals surface area contributed by atoms with Gasteiger partial charge < -0.3 is 5.32 Å². The van der Waals surface area contributed by atoms with E-state index in [1.54, 1.807) is 0 Å². The van der Waals surface area contributed by atoms with E-state index in [2.05, 4.69) is 19.2 Å². The van der Waals surface area contributed by atoms with Gasteiger partial charge in [-0.1, -0.05) is 50.2 Å². The Morgan fingerprint density at radius 1 is 1.10 bits per heavy atom. The van der Waals surface area contributed by atoms with Crippen molar-refractivity contribution in [2.24, 2.45) is 0 Å². The van der Waals surface area contributed by atoms with E-state index in [-0.39, 0.29) is 5.91 Å². The number of nitrogens with one attached hydrogen (secondary N) is 1. The van der Waals surface area contributed by atoms with Crippen molar-refractivity contribution in [3.8, 4) is 0 Å². The Balaban J connectivity index is 1.97. The predicted molar refractivity (Wildman–Crippen MR) is 87.7 cm³/mol. The smallest absolute Gasteiger partial charge is 0.251 e. The molecule has 0 aliphatic carbocycles. The molecule has 0 aliphatic rings. The molecule has 0 aromatic heterocycles. The Bertz CT molecular complexity index is 605. The van der Waals surface area contributed by atoms with Crippen LogP contribution in [0.15, 0.2) is 48.5 Å². The molecule has 0 atom stereocenters. The average molecular weight is 302 g/mol. The van der Waals surface area contributed by atoms with Crippen LogP contribution >= 0.6 is 11.6 Å². The first kappa shape index (κ1) is 15.6. The summed E-state index contributed by atoms with van der Waals surface area (Å²) in [6.45, 7) is 4.79. The first-order chi connectivity index (χ1) is 10.1. The zero-order valence-corrected chi connectivity index (χ0v) is 13.2. The lowest BCUT2D eigenvalue weighted by Crippen LogP contribution is -2.22. The number of carbonyl (C=O) groups excluding carboxylic acids is 1. The van der Waals surface area contributed by atoms with Crippen LogP contribution in [0.2, 0.25) is 0 Å². The highest BCUT2D eigenvalue weighted by Crippen LogP contribution is 2.15. The largest absolute Gasteiger partial charge is 0.348 e. The summed E-state index contributed by atoms with van der Waals surface area (Å²) in [6.07, 6.45) is 0. The van der Waals surface area contributed by atoms with Crippen LogP contribution in [-0.2, 0) is 12.4 Å². The molecular formula is C18H20ClNO. The second kappa shape index (κ2) is 7.28. The molecule has 2 nitrogen and oxygen atoms in total. The summed E-state index contributed by atoms with van der Waals surface area (Å²) < 4.78 is 0. The standard InChI is InChI=1S/C18H20ClNO/c1-13(2)16-6-8-17(9-7-16)18(21)20-12-15-5-3-4-14(10-15)11-19/h3-10,13H,11-12H2,1-2H3,(H,20,21). The van der Waals surface area contributed by atoms with Gasteiger partial charge in [0.1, 0.15) is 0 Å². The third kappa shape index (κ3) is 4.33. The predicted octanol–water partition coefficient (Wildman–Crippen LogP) is 4.48. The van der Waals surface area contributed by atoms with Crippen LogP contribution in [0.25, 0.3) is 0 Å². The van der Waals surface area contributed by atoms with Crippen LogP contribution in [0.5, 0.6) is 0 Å². The van der Waals surface area contributed by atoms with Crippen molar-refractivity contribution in [3.05, 3.63) is 70.8 Å². The maximum Gasteiger partial charge on any atom is 0.251 e. The van der Waals surface area contributed by atoms with Crippen LogP contribution in [0.1, 0.15) is 46.8 Å². The van der Waals surface area contributed by atoms with Gasteiger partial charge in [-0.25, -0.2) is 0 Å². The van der Waals surface area contributed by atoms with E-state index in [1.807, 2.05) is 48.5 Å². The molecule has 0 heterocycles. The van der Waals surface area contributed by atoms with Gasteiger partial charge in [0, 0.05) is 18.0 Å². The Labute approximate surface area is 131 Å². The Morgan fingerprint density at radius 2 is 1.76 bits per heavy atom. The van der Waals surface area contributed by atoms with Gasteiger partial charge in [-0.15, -0.1) is 11.6 Å². The molecule has 110 valence electrons. The number of hydrogen-bond acceptors (Lipinski definition) is 1. The van der Waals surface area contributed by atoms with E-state index in [9.17, 15) is 4.79 Å². The van der Waals surface area contributed by atoms with Crippen LogP contribution in [-0.4, -0.2) is 5.91 Å². The maximum absolute atomic E-state index is 12.1. The number of amides is 1. The third-order valence-electron chi connectivity index (χ3n) is 3.44. The second-order valence-electron chi connectivity index (χ2n) is 5.41. The minimum atomic E-state index is -0.0541. The lowest BCUT2D eigenvalue weighted by atomic mass is 10.0. The number of rotatable bonds is 5. The van der Waals surface area contributed by atoms with Crippen molar-refractivity contribution >= 4 is 17.5 Å². The zero-order valence-electron chi connectivity index (χ0n) is 12.4. The van der Waals surface area contributed by atoms with E-state index in [4.69, 9.17) is 11.6 Å². The van der Waals surface area contributed by atoms with Gasteiger partial charge in [-0.05, 0) is 34.7 Å². The molecule has 0 fully saturated rings. The van der Waals surface area contributed by atoms with Crippen molar-refractivity contribution in [2.75, 3.05) is 0 Å². The molecular weight excluding hydrogens is 282 g/mol. The molecule has 21 heavy (non-hydrogen) atoms. The summed E-state index contributed by atoms with van der Waals surface area (Å²) in [6, 6.07) is 15.7. The molecule has 0 spiro atoms. The molecule has 0 radical (unpaired) electrons. The molecule has 0 bridgehead atoms. The molecule has 0 aliphatic heterocycles. The summed E-state index contributed by atoms with van der Waals surface area (Å²) in [5, 5.41) is 2.93. The summed E-state index contributed by atoms with van der Waals surface area (Å²) in [5.74, 6) is 0.903. The molecule has 2 aromatic rings. The number of benzene rings is 2. The monoisotopic (exact) mass is 301 g/mol. The Hall–Kier alpha value is -1.80. The quantitative estimate of drug-likeness (QED) is 0.811. The molecule has 0 saturated heterocycles. The molecule has 3 heteroatoms. The van der Waals surface area contributed by atoms with Crippen LogP contribution in [0.3, 0.4) is 0 Å². The van der Waals surface area contributed by atoms with Crippen molar-refractivity contribution in [2.45, 2.75) is 32.2 Å². The second-order valence-corrected chi connectivity index (χ2v) is 5.68. The molecule has 2 aromatic carbocycles. The Kier molecular flexibility index (Phi) is 5.40. The van der Waals surface area contributed by atoms with Crippen LogP contribution in [0, 0.1) is 0 Å². The number of halogens is 1. The fourth-order valence-electron chi connectivity index (χ4n) is 2.13. The fourth-order valence-corrected chi connectivity index (χ4v) is 2.29. The van der Waals surface area contributed by atoms with Gasteiger partial charge >= 0.3 is 0 Å². The molecule has 2 rings (SSSR count). The summed E-state index contributed by atoms with van der Waals surface area (Å²) >= 11 is 5.81. The van der Waals surface area contributed by atoms with E-state index in [1.165, 1.54) is 5.56 Å². The normalized spacial score (nSPS) is 10.7. The number of alkyl halides is 1. The van der Waals surface area contributed by atoms with Crippen molar-refractivity contribution in [1.29, 1.82) is 0 Å². The van der Waals surface area contributed by atoms with E-state index in [0.717, 1.165) is 11.1 Å². The summed E-state index contributed by atoms with van der Waals surface area (Å²) in [4.78, 5) is 12.1. The third-order valence-corrected chi connectivity index (χ3v) is 3.75. The molecule has 1 amide bonds. The van der Waals surface area contributed by atoms with E-state index in [0.29, 0.717) is 23.9 Å². The first-order valence-corrected chi connectivity index (χ1v) is 7.65. The minimum Gasteiger partial charge on any atom is -0.348 e. The molecule has 0 unspecified atom stereocenters. The van der Waals surface area contributed by atoms with E-state index < -0.39 is 0 Å². The topological polar surface area (TPSA) is 29.1 Å². The summed E-state index contributed by atoms with van der Waals surface area (Å²) in [7, 11) is 0. The lowest BCUT2D eigenvalue weighted by Gasteiger charge is -2.08. The van der Waals surface area contributed by atoms with Crippen molar-refractivity contribution in [3.63, 3.8) is 0 Å². The molecule has 1 N–H and O–H groups in total. The van der Waals surface area contributed by atoms with Crippen LogP contribution < -0.4 is 5.32 Å². The summed E-state index contributed by atoms with van der Waals surface area (Å²) in [5.41, 5.74) is 4.04. The number of carbonyl (C=O) groups is 1. The lowest BCUT2D eigenvalue weighted by molar-refractivity contribution is 0.0951. The van der Waals surface area contributed by atoms with E-state index >= 15 is 0 Å².